The van der Waals surface area contributed by atoms with Crippen LogP contribution in [0, 0.1) is 11.8 Å². The zero-order chi connectivity index (χ0) is 16.8. The number of hydrogen-bond donors (Lipinski definition) is 2. The first-order valence-corrected chi connectivity index (χ1v) is 9.00. The molecule has 140 valence electrons. The summed E-state index contributed by atoms with van der Waals surface area (Å²) in [5.41, 5.74) is 0. The number of carbonyl (C=O) groups excluding carboxylic acids is 2. The number of piperidine rings is 1. The summed E-state index contributed by atoms with van der Waals surface area (Å²) < 4.78 is 0. The lowest BCUT2D eigenvalue weighted by molar-refractivity contribution is -0.137. The van der Waals surface area contributed by atoms with Crippen LogP contribution in [-0.2, 0) is 4.79 Å². The molecule has 3 amide bonds. The maximum absolute atomic E-state index is 12.9. The van der Waals surface area contributed by atoms with Crippen LogP contribution in [0.15, 0.2) is 0 Å². The molecule has 0 aliphatic carbocycles. The summed E-state index contributed by atoms with van der Waals surface area (Å²) >= 11 is 0. The van der Waals surface area contributed by atoms with Crippen LogP contribution in [0.2, 0.25) is 0 Å². The minimum Gasteiger partial charge on any atom is -0.338 e. The van der Waals surface area contributed by atoms with E-state index in [1.807, 2.05) is 16.8 Å². The van der Waals surface area contributed by atoms with Gasteiger partial charge in [0.1, 0.15) is 0 Å². The fourth-order valence-corrected chi connectivity index (χ4v) is 3.57. The van der Waals surface area contributed by atoms with Gasteiger partial charge >= 0.3 is 6.03 Å². The van der Waals surface area contributed by atoms with Gasteiger partial charge in [0.2, 0.25) is 5.91 Å². The zero-order valence-electron chi connectivity index (χ0n) is 15.2. The van der Waals surface area contributed by atoms with E-state index >= 15 is 0 Å². The zero-order valence-corrected chi connectivity index (χ0v) is 16.0. The molecule has 6 nitrogen and oxygen atoms in total. The number of nitrogens with zero attached hydrogens (tertiary/aromatic N) is 2. The molecule has 0 aromatic heterocycles. The molecule has 2 aliphatic rings. The number of nitrogens with one attached hydrogen (secondary N) is 2. The summed E-state index contributed by atoms with van der Waals surface area (Å²) in [4.78, 5) is 29.0. The fraction of sp³-hybridized carbons (Fsp3) is 0.882. The molecule has 2 rings (SSSR count). The van der Waals surface area contributed by atoms with Crippen molar-refractivity contribution in [3.63, 3.8) is 0 Å². The lowest BCUT2D eigenvalue weighted by Crippen LogP contribution is -2.51. The van der Waals surface area contributed by atoms with Gasteiger partial charge in [0.25, 0.3) is 0 Å². The largest absolute Gasteiger partial charge is 0.338 e. The van der Waals surface area contributed by atoms with Gasteiger partial charge in [-0.1, -0.05) is 13.8 Å². The lowest BCUT2D eigenvalue weighted by Gasteiger charge is -2.35. The Balaban J connectivity index is 0.00000288. The van der Waals surface area contributed by atoms with Crippen LogP contribution in [0.3, 0.4) is 0 Å². The van der Waals surface area contributed by atoms with Crippen molar-refractivity contribution in [2.24, 2.45) is 11.8 Å². The van der Waals surface area contributed by atoms with E-state index in [1.54, 1.807) is 0 Å². The summed E-state index contributed by atoms with van der Waals surface area (Å²) in [6.45, 7) is 7.89. The summed E-state index contributed by atoms with van der Waals surface area (Å²) in [7, 11) is 1.93. The number of urea groups is 1. The molecular weight excluding hydrogens is 328 g/mol. The quantitative estimate of drug-likeness (QED) is 0.784. The second-order valence-electron chi connectivity index (χ2n) is 7.25. The first kappa shape index (κ1) is 21.0. The monoisotopic (exact) mass is 360 g/mol. The average Bonchev–Trinajstić information content (AvgIpc) is 3.00. The summed E-state index contributed by atoms with van der Waals surface area (Å²) in [6, 6.07) is 0.294. The summed E-state index contributed by atoms with van der Waals surface area (Å²) in [5, 5.41) is 6.15. The Kier molecular flexibility index (Phi) is 8.84. The minimum atomic E-state index is -0.0361. The average molecular weight is 361 g/mol. The molecule has 0 spiro atoms. The molecule has 0 bridgehead atoms. The molecule has 0 aromatic carbocycles. The van der Waals surface area contributed by atoms with Crippen molar-refractivity contribution < 1.29 is 9.59 Å². The molecule has 24 heavy (non-hydrogen) atoms. The molecule has 2 N–H and O–H groups in total. The van der Waals surface area contributed by atoms with Crippen LogP contribution in [0.4, 0.5) is 4.79 Å². The predicted octanol–water partition coefficient (Wildman–Crippen LogP) is 1.70. The van der Waals surface area contributed by atoms with E-state index in [4.69, 9.17) is 0 Å². The number of rotatable bonds is 5. The van der Waals surface area contributed by atoms with Gasteiger partial charge in [-0.2, -0.15) is 0 Å². The predicted molar refractivity (Wildman–Crippen MR) is 98.4 cm³/mol. The van der Waals surface area contributed by atoms with Crippen LogP contribution >= 0.6 is 12.4 Å². The first-order chi connectivity index (χ1) is 11.0. The van der Waals surface area contributed by atoms with Crippen molar-refractivity contribution >= 4 is 24.3 Å². The second kappa shape index (κ2) is 10.1. The molecule has 2 saturated heterocycles. The van der Waals surface area contributed by atoms with Gasteiger partial charge in [-0.05, 0) is 38.6 Å². The standard InChI is InChI=1S/C17H32N4O2.ClH/c1-13(2)10-19-17(23)20-8-4-6-14(12-20)16(22)21-9-5-7-15(21)11-18-3;/h13-15,18H,4-12H2,1-3H3,(H,19,23);1H. The topological polar surface area (TPSA) is 64.7 Å². The number of likely N-dealkylation sites (tertiary alicyclic amines) is 2. The second-order valence-corrected chi connectivity index (χ2v) is 7.25. The maximum atomic E-state index is 12.9. The van der Waals surface area contributed by atoms with Crippen LogP contribution in [0.25, 0.3) is 0 Å². The van der Waals surface area contributed by atoms with Crippen molar-refractivity contribution in [2.75, 3.05) is 39.8 Å². The van der Waals surface area contributed by atoms with Crippen molar-refractivity contribution in [1.82, 2.24) is 20.4 Å². The highest BCUT2D eigenvalue weighted by Crippen LogP contribution is 2.24. The Morgan fingerprint density at radius 2 is 1.88 bits per heavy atom. The van der Waals surface area contributed by atoms with Crippen molar-refractivity contribution in [2.45, 2.75) is 45.6 Å². The first-order valence-electron chi connectivity index (χ1n) is 9.00. The van der Waals surface area contributed by atoms with Crippen molar-refractivity contribution in [3.8, 4) is 0 Å². The van der Waals surface area contributed by atoms with Gasteiger partial charge < -0.3 is 20.4 Å². The highest BCUT2D eigenvalue weighted by atomic mass is 35.5. The molecule has 0 radical (unpaired) electrons. The molecule has 2 aliphatic heterocycles. The van der Waals surface area contributed by atoms with Crippen molar-refractivity contribution in [3.05, 3.63) is 0 Å². The van der Waals surface area contributed by atoms with Crippen LogP contribution < -0.4 is 10.6 Å². The Morgan fingerprint density at radius 1 is 1.17 bits per heavy atom. The Labute approximate surface area is 152 Å². The van der Waals surface area contributed by atoms with Gasteiger partial charge in [-0.15, -0.1) is 12.4 Å². The van der Waals surface area contributed by atoms with E-state index in [9.17, 15) is 9.59 Å². The van der Waals surface area contributed by atoms with Gasteiger partial charge in [0.05, 0.1) is 5.92 Å². The number of halogens is 1. The molecule has 2 unspecified atom stereocenters. The van der Waals surface area contributed by atoms with E-state index in [2.05, 4.69) is 24.5 Å². The highest BCUT2D eigenvalue weighted by molar-refractivity contribution is 5.85. The molecular formula is C17H33ClN4O2. The van der Waals surface area contributed by atoms with Crippen LogP contribution in [0.1, 0.15) is 39.5 Å². The summed E-state index contributed by atoms with van der Waals surface area (Å²) in [6.07, 6.45) is 3.98. The molecule has 2 atom stereocenters. The molecule has 2 heterocycles. The number of amides is 3. The SMILES string of the molecule is CNCC1CCCN1C(=O)C1CCCN(C(=O)NCC(C)C)C1.Cl. The number of likely N-dealkylation sites (N-methyl/N-ethyl adjacent to an activating group) is 1. The molecule has 0 aromatic rings. The molecule has 0 saturated carbocycles. The lowest BCUT2D eigenvalue weighted by atomic mass is 9.96. The van der Waals surface area contributed by atoms with Gasteiger partial charge in [-0.25, -0.2) is 4.79 Å². The van der Waals surface area contributed by atoms with Crippen molar-refractivity contribution in [1.29, 1.82) is 0 Å². The van der Waals surface area contributed by atoms with Gasteiger partial charge in [0.15, 0.2) is 0 Å². The molecule has 2 fully saturated rings. The molecule has 7 heteroatoms. The number of hydrogen-bond acceptors (Lipinski definition) is 3. The Hall–Kier alpha value is -1.01. The van der Waals surface area contributed by atoms with E-state index in [0.717, 1.165) is 45.3 Å². The fourth-order valence-electron chi connectivity index (χ4n) is 3.57. The van der Waals surface area contributed by atoms with E-state index < -0.39 is 0 Å². The van der Waals surface area contributed by atoms with Crippen LogP contribution in [0.5, 0.6) is 0 Å². The smallest absolute Gasteiger partial charge is 0.317 e. The third-order valence-electron chi connectivity index (χ3n) is 4.82. The van der Waals surface area contributed by atoms with E-state index in [0.29, 0.717) is 25.0 Å². The Bertz CT molecular complexity index is 419. The third kappa shape index (κ3) is 5.52. The van der Waals surface area contributed by atoms with Crippen LogP contribution in [-0.4, -0.2) is 67.6 Å². The summed E-state index contributed by atoms with van der Waals surface area (Å²) in [5.74, 6) is 0.642. The van der Waals surface area contributed by atoms with Gasteiger partial charge in [0, 0.05) is 38.8 Å². The van der Waals surface area contributed by atoms with E-state index in [1.165, 1.54) is 0 Å². The van der Waals surface area contributed by atoms with E-state index in [-0.39, 0.29) is 30.3 Å². The number of carbonyl (C=O) groups is 2. The van der Waals surface area contributed by atoms with Gasteiger partial charge in [-0.3, -0.25) is 4.79 Å². The Morgan fingerprint density at radius 3 is 2.54 bits per heavy atom. The third-order valence-corrected chi connectivity index (χ3v) is 4.82. The highest BCUT2D eigenvalue weighted by Gasteiger charge is 2.35. The maximum Gasteiger partial charge on any atom is 0.317 e. The minimum absolute atomic E-state index is 0. The normalized spacial score (nSPS) is 24.0.